The molecule has 1 heterocycles. The first-order chi connectivity index (χ1) is 8.16. The SMILES string of the molecule is O=C(O)C(NC1CCCCC1)c1cc(Br)cs1. The van der Waals surface area contributed by atoms with Gasteiger partial charge in [0.25, 0.3) is 0 Å². The van der Waals surface area contributed by atoms with Crippen molar-refractivity contribution in [2.24, 2.45) is 0 Å². The molecule has 1 aliphatic carbocycles. The maximum atomic E-state index is 11.3. The highest BCUT2D eigenvalue weighted by atomic mass is 79.9. The van der Waals surface area contributed by atoms with Crippen LogP contribution in [-0.2, 0) is 4.79 Å². The molecule has 1 aliphatic rings. The van der Waals surface area contributed by atoms with E-state index in [0.717, 1.165) is 22.2 Å². The van der Waals surface area contributed by atoms with E-state index in [-0.39, 0.29) is 0 Å². The molecule has 0 spiro atoms. The van der Waals surface area contributed by atoms with Crippen LogP contribution in [0.4, 0.5) is 0 Å². The zero-order chi connectivity index (χ0) is 12.3. The number of halogens is 1. The highest BCUT2D eigenvalue weighted by molar-refractivity contribution is 9.10. The summed E-state index contributed by atoms with van der Waals surface area (Å²) >= 11 is 4.85. The minimum absolute atomic E-state index is 0.353. The predicted molar refractivity (Wildman–Crippen MR) is 72.4 cm³/mol. The smallest absolute Gasteiger partial charge is 0.326 e. The molecular weight excluding hydrogens is 302 g/mol. The Hall–Kier alpha value is -0.390. The van der Waals surface area contributed by atoms with E-state index < -0.39 is 12.0 Å². The second kappa shape index (κ2) is 5.98. The first-order valence-electron chi connectivity index (χ1n) is 5.89. The van der Waals surface area contributed by atoms with Crippen LogP contribution in [0.5, 0.6) is 0 Å². The van der Waals surface area contributed by atoms with Crippen molar-refractivity contribution in [3.8, 4) is 0 Å². The highest BCUT2D eigenvalue weighted by Crippen LogP contribution is 2.28. The van der Waals surface area contributed by atoms with Gasteiger partial charge in [0.2, 0.25) is 0 Å². The molecule has 0 bridgehead atoms. The van der Waals surface area contributed by atoms with Gasteiger partial charge >= 0.3 is 5.97 Å². The lowest BCUT2D eigenvalue weighted by molar-refractivity contribution is -0.139. The van der Waals surface area contributed by atoms with Crippen molar-refractivity contribution in [3.05, 3.63) is 20.8 Å². The fraction of sp³-hybridized carbons (Fsp3) is 0.583. The van der Waals surface area contributed by atoms with Gasteiger partial charge in [-0.1, -0.05) is 19.3 Å². The minimum atomic E-state index is -0.787. The van der Waals surface area contributed by atoms with Crippen LogP contribution in [0.1, 0.15) is 43.0 Å². The summed E-state index contributed by atoms with van der Waals surface area (Å²) < 4.78 is 0.953. The van der Waals surface area contributed by atoms with Gasteiger partial charge in [0.1, 0.15) is 6.04 Å². The number of carboxylic acid groups (broad SMARTS) is 1. The summed E-state index contributed by atoms with van der Waals surface area (Å²) in [5.41, 5.74) is 0. The second-order valence-corrected chi connectivity index (χ2v) is 6.30. The van der Waals surface area contributed by atoms with Crippen molar-refractivity contribution < 1.29 is 9.90 Å². The first kappa shape index (κ1) is 13.1. The lowest BCUT2D eigenvalue weighted by Gasteiger charge is -2.26. The van der Waals surface area contributed by atoms with E-state index in [1.165, 1.54) is 30.6 Å². The zero-order valence-electron chi connectivity index (χ0n) is 9.49. The van der Waals surface area contributed by atoms with E-state index in [4.69, 9.17) is 0 Å². The molecule has 2 rings (SSSR count). The number of hydrogen-bond donors (Lipinski definition) is 2. The molecule has 1 unspecified atom stereocenters. The predicted octanol–water partition coefficient (Wildman–Crippen LogP) is 3.56. The average Bonchev–Trinajstić information content (AvgIpc) is 2.73. The van der Waals surface area contributed by atoms with E-state index in [1.54, 1.807) is 0 Å². The number of nitrogens with one attached hydrogen (secondary N) is 1. The van der Waals surface area contributed by atoms with Crippen molar-refractivity contribution in [2.45, 2.75) is 44.2 Å². The molecule has 0 amide bonds. The first-order valence-corrected chi connectivity index (χ1v) is 7.57. The topological polar surface area (TPSA) is 49.3 Å². The number of hydrogen-bond acceptors (Lipinski definition) is 3. The summed E-state index contributed by atoms with van der Waals surface area (Å²) in [6.45, 7) is 0. The summed E-state index contributed by atoms with van der Waals surface area (Å²) in [7, 11) is 0. The molecule has 0 saturated heterocycles. The third-order valence-corrected chi connectivity index (χ3v) is 4.89. The van der Waals surface area contributed by atoms with Gasteiger partial charge in [0.05, 0.1) is 0 Å². The molecule has 1 aromatic heterocycles. The van der Waals surface area contributed by atoms with E-state index in [2.05, 4.69) is 21.2 Å². The molecule has 17 heavy (non-hydrogen) atoms. The summed E-state index contributed by atoms with van der Waals surface area (Å²) in [5, 5.41) is 14.5. The van der Waals surface area contributed by atoms with E-state index >= 15 is 0 Å². The molecule has 0 radical (unpaired) electrons. The van der Waals surface area contributed by atoms with E-state index in [1.807, 2.05) is 11.4 Å². The van der Waals surface area contributed by atoms with Crippen molar-refractivity contribution in [2.75, 3.05) is 0 Å². The lowest BCUT2D eigenvalue weighted by atomic mass is 9.95. The average molecular weight is 318 g/mol. The minimum Gasteiger partial charge on any atom is -0.480 e. The molecule has 0 aromatic carbocycles. The Labute approximate surface area is 113 Å². The van der Waals surface area contributed by atoms with Gasteiger partial charge in [-0.2, -0.15) is 0 Å². The summed E-state index contributed by atoms with van der Waals surface area (Å²) in [6.07, 6.45) is 5.88. The summed E-state index contributed by atoms with van der Waals surface area (Å²) in [6, 6.07) is 1.68. The zero-order valence-corrected chi connectivity index (χ0v) is 11.9. The van der Waals surface area contributed by atoms with Crippen LogP contribution in [0.15, 0.2) is 15.9 Å². The Morgan fingerprint density at radius 2 is 2.18 bits per heavy atom. The van der Waals surface area contributed by atoms with Crippen LogP contribution in [0.3, 0.4) is 0 Å². The third-order valence-electron chi connectivity index (χ3n) is 3.13. The van der Waals surface area contributed by atoms with Gasteiger partial charge < -0.3 is 5.11 Å². The standard InChI is InChI=1S/C12H16BrNO2S/c13-8-6-10(17-7-8)11(12(15)16)14-9-4-2-1-3-5-9/h6-7,9,11,14H,1-5H2,(H,15,16). The van der Waals surface area contributed by atoms with Gasteiger partial charge in [0, 0.05) is 20.8 Å². The van der Waals surface area contributed by atoms with Gasteiger partial charge in [-0.3, -0.25) is 10.1 Å². The number of carboxylic acids is 1. The highest BCUT2D eigenvalue weighted by Gasteiger charge is 2.25. The Balaban J connectivity index is 2.04. The Bertz CT molecular complexity index is 388. The maximum Gasteiger partial charge on any atom is 0.326 e. The van der Waals surface area contributed by atoms with Gasteiger partial charge in [0.15, 0.2) is 0 Å². The largest absolute Gasteiger partial charge is 0.480 e. The second-order valence-electron chi connectivity index (χ2n) is 4.44. The van der Waals surface area contributed by atoms with Crippen molar-refractivity contribution in [1.29, 1.82) is 0 Å². The molecule has 1 saturated carbocycles. The fourth-order valence-corrected chi connectivity index (χ4v) is 3.75. The van der Waals surface area contributed by atoms with Crippen LogP contribution in [0.2, 0.25) is 0 Å². The van der Waals surface area contributed by atoms with Gasteiger partial charge in [-0.15, -0.1) is 11.3 Å². The molecule has 2 N–H and O–H groups in total. The monoisotopic (exact) mass is 317 g/mol. The van der Waals surface area contributed by atoms with Crippen LogP contribution in [0, 0.1) is 0 Å². The van der Waals surface area contributed by atoms with Gasteiger partial charge in [-0.25, -0.2) is 0 Å². The van der Waals surface area contributed by atoms with Crippen LogP contribution in [-0.4, -0.2) is 17.1 Å². The molecular formula is C12H16BrNO2S. The van der Waals surface area contributed by atoms with E-state index in [0.29, 0.717) is 6.04 Å². The van der Waals surface area contributed by atoms with Crippen molar-refractivity contribution >= 4 is 33.2 Å². The number of rotatable bonds is 4. The molecule has 1 atom stereocenters. The molecule has 5 heteroatoms. The lowest BCUT2D eigenvalue weighted by Crippen LogP contribution is -2.37. The third kappa shape index (κ3) is 3.53. The van der Waals surface area contributed by atoms with Crippen molar-refractivity contribution in [3.63, 3.8) is 0 Å². The number of carbonyl (C=O) groups is 1. The Kier molecular flexibility index (Phi) is 4.59. The van der Waals surface area contributed by atoms with Crippen LogP contribution < -0.4 is 5.32 Å². The molecule has 3 nitrogen and oxygen atoms in total. The maximum absolute atomic E-state index is 11.3. The normalized spacial score (nSPS) is 19.1. The molecule has 94 valence electrons. The van der Waals surface area contributed by atoms with Gasteiger partial charge in [-0.05, 0) is 34.8 Å². The van der Waals surface area contributed by atoms with E-state index in [9.17, 15) is 9.90 Å². The van der Waals surface area contributed by atoms with Crippen LogP contribution >= 0.6 is 27.3 Å². The Morgan fingerprint density at radius 3 is 2.71 bits per heavy atom. The molecule has 1 aromatic rings. The summed E-state index contributed by atoms with van der Waals surface area (Å²) in [5.74, 6) is -0.787. The number of thiophene rings is 1. The molecule has 0 aliphatic heterocycles. The van der Waals surface area contributed by atoms with Crippen molar-refractivity contribution in [1.82, 2.24) is 5.32 Å². The number of aliphatic carboxylic acids is 1. The van der Waals surface area contributed by atoms with Crippen LogP contribution in [0.25, 0.3) is 0 Å². The quantitative estimate of drug-likeness (QED) is 0.892. The summed E-state index contributed by atoms with van der Waals surface area (Å²) in [4.78, 5) is 12.2. The fourth-order valence-electron chi connectivity index (χ4n) is 2.26. The Morgan fingerprint density at radius 1 is 1.47 bits per heavy atom. The molecule has 1 fully saturated rings.